The molecule has 0 bridgehead atoms. The Morgan fingerprint density at radius 2 is 2.13 bits per heavy atom. The summed E-state index contributed by atoms with van der Waals surface area (Å²) in [6.45, 7) is 0. The molecule has 2 atom stereocenters. The molecule has 1 aliphatic carbocycles. The molecular formula is C21H20N2O6S. The van der Waals surface area contributed by atoms with Gasteiger partial charge in [-0.25, -0.2) is 13.4 Å². The number of para-hydroxylation sites is 1. The number of methoxy groups -OCH3 is 1. The van der Waals surface area contributed by atoms with Gasteiger partial charge in [0, 0.05) is 17.2 Å². The Kier molecular flexibility index (Phi) is 5.29. The summed E-state index contributed by atoms with van der Waals surface area (Å²) >= 11 is 0. The number of nitrogens with zero attached hydrogens (tertiary/aromatic N) is 1. The largest absolute Gasteiger partial charge is 0.496 e. The SMILES string of the molecule is COc1ccccc1/C=C1\OC2C=CC(C(=O)NC3CCS(=O)(=O)C3)=CC2=NC1=O. The predicted molar refractivity (Wildman–Crippen MR) is 111 cm³/mol. The van der Waals surface area contributed by atoms with Crippen LogP contribution in [0.5, 0.6) is 5.75 Å². The molecule has 3 aliphatic rings. The normalized spacial score (nSPS) is 25.8. The first kappa shape index (κ1) is 20.1. The monoisotopic (exact) mass is 428 g/mol. The molecular weight excluding hydrogens is 408 g/mol. The molecule has 4 rings (SSSR count). The molecule has 156 valence electrons. The number of hydrogen-bond donors (Lipinski definition) is 1. The summed E-state index contributed by atoms with van der Waals surface area (Å²) in [5, 5.41) is 2.72. The highest BCUT2D eigenvalue weighted by Gasteiger charge is 2.32. The lowest BCUT2D eigenvalue weighted by molar-refractivity contribution is -0.119. The van der Waals surface area contributed by atoms with Gasteiger partial charge in [-0.1, -0.05) is 18.2 Å². The number of amides is 2. The molecule has 2 unspecified atom stereocenters. The van der Waals surface area contributed by atoms with E-state index < -0.39 is 33.8 Å². The van der Waals surface area contributed by atoms with Gasteiger partial charge in [0.2, 0.25) is 0 Å². The van der Waals surface area contributed by atoms with Gasteiger partial charge in [0.1, 0.15) is 5.75 Å². The first-order valence-electron chi connectivity index (χ1n) is 9.40. The Labute approximate surface area is 173 Å². The fourth-order valence-corrected chi connectivity index (χ4v) is 5.15. The molecule has 0 aromatic heterocycles. The molecule has 1 fully saturated rings. The molecule has 9 heteroatoms. The van der Waals surface area contributed by atoms with E-state index in [1.807, 2.05) is 12.1 Å². The molecule has 1 saturated heterocycles. The number of fused-ring (bicyclic) bond motifs is 1. The average molecular weight is 428 g/mol. The van der Waals surface area contributed by atoms with E-state index in [4.69, 9.17) is 9.47 Å². The van der Waals surface area contributed by atoms with Crippen molar-refractivity contribution in [1.29, 1.82) is 0 Å². The lowest BCUT2D eigenvalue weighted by Crippen LogP contribution is -2.38. The zero-order valence-electron chi connectivity index (χ0n) is 16.2. The number of carbonyl (C=O) groups is 2. The van der Waals surface area contributed by atoms with Crippen molar-refractivity contribution in [3.05, 3.63) is 59.4 Å². The van der Waals surface area contributed by atoms with Crippen LogP contribution in [0.15, 0.2) is 58.8 Å². The van der Waals surface area contributed by atoms with E-state index in [1.165, 1.54) is 6.08 Å². The lowest BCUT2D eigenvalue weighted by Gasteiger charge is -2.24. The minimum absolute atomic E-state index is 0.0575. The van der Waals surface area contributed by atoms with Crippen molar-refractivity contribution < 1.29 is 27.5 Å². The number of ether oxygens (including phenoxy) is 2. The molecule has 1 aromatic carbocycles. The number of hydrogen-bond acceptors (Lipinski definition) is 6. The van der Waals surface area contributed by atoms with Crippen LogP contribution in [0.1, 0.15) is 12.0 Å². The van der Waals surface area contributed by atoms with Crippen molar-refractivity contribution in [2.24, 2.45) is 4.99 Å². The number of benzene rings is 1. The summed E-state index contributed by atoms with van der Waals surface area (Å²) < 4.78 is 34.2. The van der Waals surface area contributed by atoms with Crippen LogP contribution in [0.25, 0.3) is 6.08 Å². The second-order valence-corrected chi connectivity index (χ2v) is 9.39. The minimum atomic E-state index is -3.09. The molecule has 1 N–H and O–H groups in total. The zero-order chi connectivity index (χ0) is 21.3. The van der Waals surface area contributed by atoms with Gasteiger partial charge >= 0.3 is 5.91 Å². The Bertz CT molecular complexity index is 1130. The van der Waals surface area contributed by atoms with E-state index in [-0.39, 0.29) is 17.3 Å². The fraction of sp³-hybridized carbons (Fsp3) is 0.286. The van der Waals surface area contributed by atoms with Gasteiger partial charge in [0.05, 0.1) is 24.3 Å². The Balaban J connectivity index is 1.51. The Morgan fingerprint density at radius 1 is 1.33 bits per heavy atom. The number of rotatable bonds is 4. The van der Waals surface area contributed by atoms with Crippen molar-refractivity contribution in [2.75, 3.05) is 18.6 Å². The molecule has 30 heavy (non-hydrogen) atoms. The fourth-order valence-electron chi connectivity index (χ4n) is 3.48. The van der Waals surface area contributed by atoms with Gasteiger partial charge < -0.3 is 14.8 Å². The van der Waals surface area contributed by atoms with Crippen LogP contribution in [0.4, 0.5) is 0 Å². The zero-order valence-corrected chi connectivity index (χ0v) is 17.0. The van der Waals surface area contributed by atoms with Gasteiger partial charge in [0.25, 0.3) is 5.91 Å². The molecule has 0 saturated carbocycles. The first-order chi connectivity index (χ1) is 14.3. The van der Waals surface area contributed by atoms with Crippen molar-refractivity contribution in [3.8, 4) is 5.75 Å². The van der Waals surface area contributed by atoms with Crippen LogP contribution in [0, 0.1) is 0 Å². The van der Waals surface area contributed by atoms with Gasteiger partial charge in [-0.2, -0.15) is 0 Å². The van der Waals surface area contributed by atoms with Gasteiger partial charge in [-0.15, -0.1) is 0 Å². The van der Waals surface area contributed by atoms with Gasteiger partial charge in [-0.3, -0.25) is 9.59 Å². The molecule has 2 aliphatic heterocycles. The molecule has 2 amide bonds. The van der Waals surface area contributed by atoms with Crippen LogP contribution >= 0.6 is 0 Å². The van der Waals surface area contributed by atoms with E-state index in [9.17, 15) is 18.0 Å². The molecule has 8 nitrogen and oxygen atoms in total. The maximum absolute atomic E-state index is 12.5. The van der Waals surface area contributed by atoms with Gasteiger partial charge in [0.15, 0.2) is 21.7 Å². The standard InChI is InChI=1S/C21H20N2O6S/c1-28-17-5-3-2-4-13(17)11-19-21(25)23-16-10-14(6-7-18(16)29-19)20(24)22-15-8-9-30(26,27)12-15/h2-7,10-11,15,18H,8-9,12H2,1H3,(H,22,24)/b19-11-. The van der Waals surface area contributed by atoms with Crippen molar-refractivity contribution in [3.63, 3.8) is 0 Å². The van der Waals surface area contributed by atoms with E-state index in [0.29, 0.717) is 29.0 Å². The molecule has 1 aromatic rings. The van der Waals surface area contributed by atoms with E-state index >= 15 is 0 Å². The third kappa shape index (κ3) is 4.20. The van der Waals surface area contributed by atoms with Crippen LogP contribution in [0.3, 0.4) is 0 Å². The number of nitrogens with one attached hydrogen (secondary N) is 1. The number of aliphatic imine (C=N–C) groups is 1. The van der Waals surface area contributed by atoms with Crippen LogP contribution in [-0.4, -0.2) is 56.7 Å². The highest BCUT2D eigenvalue weighted by atomic mass is 32.2. The second-order valence-electron chi connectivity index (χ2n) is 7.16. The first-order valence-corrected chi connectivity index (χ1v) is 11.2. The smallest absolute Gasteiger partial charge is 0.312 e. The van der Waals surface area contributed by atoms with Gasteiger partial charge in [-0.05, 0) is 36.8 Å². The van der Waals surface area contributed by atoms with Crippen molar-refractivity contribution in [1.82, 2.24) is 5.32 Å². The number of carbonyl (C=O) groups excluding carboxylic acids is 2. The summed E-state index contributed by atoms with van der Waals surface area (Å²) in [5.74, 6) is -0.264. The summed E-state index contributed by atoms with van der Waals surface area (Å²) in [7, 11) is -1.55. The Hall–Kier alpha value is -3.20. The summed E-state index contributed by atoms with van der Waals surface area (Å²) in [4.78, 5) is 29.0. The summed E-state index contributed by atoms with van der Waals surface area (Å²) in [6, 6.07) is 6.81. The number of sulfone groups is 1. The highest BCUT2D eigenvalue weighted by molar-refractivity contribution is 7.91. The topological polar surface area (TPSA) is 111 Å². The maximum Gasteiger partial charge on any atom is 0.312 e. The quantitative estimate of drug-likeness (QED) is 0.722. The van der Waals surface area contributed by atoms with E-state index in [1.54, 1.807) is 37.5 Å². The summed E-state index contributed by atoms with van der Waals surface area (Å²) in [6.07, 6.45) is 6.09. The van der Waals surface area contributed by atoms with Crippen LogP contribution in [0.2, 0.25) is 0 Å². The molecule has 0 spiro atoms. The van der Waals surface area contributed by atoms with E-state index in [2.05, 4.69) is 10.3 Å². The van der Waals surface area contributed by atoms with Crippen molar-refractivity contribution >= 4 is 33.4 Å². The minimum Gasteiger partial charge on any atom is -0.496 e. The van der Waals surface area contributed by atoms with Crippen LogP contribution in [-0.2, 0) is 24.2 Å². The lowest BCUT2D eigenvalue weighted by atomic mass is 10.0. The Morgan fingerprint density at radius 3 is 2.87 bits per heavy atom. The van der Waals surface area contributed by atoms with E-state index in [0.717, 1.165) is 0 Å². The molecule has 0 radical (unpaired) electrons. The highest BCUT2D eigenvalue weighted by Crippen LogP contribution is 2.26. The predicted octanol–water partition coefficient (Wildman–Crippen LogP) is 1.20. The van der Waals surface area contributed by atoms with Crippen LogP contribution < -0.4 is 10.1 Å². The summed E-state index contributed by atoms with van der Waals surface area (Å²) in [5.41, 5.74) is 1.30. The third-order valence-corrected chi connectivity index (χ3v) is 6.76. The maximum atomic E-state index is 12.5. The second kappa shape index (κ2) is 7.91. The molecule has 2 heterocycles. The average Bonchev–Trinajstić information content (AvgIpc) is 3.06. The third-order valence-electron chi connectivity index (χ3n) is 5.00. The van der Waals surface area contributed by atoms with Crippen molar-refractivity contribution in [2.45, 2.75) is 18.6 Å².